The number of nitrogens with zero attached hydrogens (tertiary/aromatic N) is 1. The fourth-order valence-electron chi connectivity index (χ4n) is 1.30. The minimum absolute atomic E-state index is 0.0768. The van der Waals surface area contributed by atoms with Gasteiger partial charge in [-0.05, 0) is 5.92 Å². The van der Waals surface area contributed by atoms with Gasteiger partial charge < -0.3 is 4.74 Å². The summed E-state index contributed by atoms with van der Waals surface area (Å²) in [5, 5.41) is 0. The van der Waals surface area contributed by atoms with Crippen LogP contribution in [-0.2, 0) is 9.53 Å². The molecule has 0 saturated heterocycles. The summed E-state index contributed by atoms with van der Waals surface area (Å²) in [4.78, 5) is 27.7. The van der Waals surface area contributed by atoms with E-state index in [1.807, 2.05) is 13.8 Å². The van der Waals surface area contributed by atoms with Crippen LogP contribution < -0.4 is 0 Å². The molecule has 0 aliphatic carbocycles. The van der Waals surface area contributed by atoms with Crippen molar-refractivity contribution in [3.8, 4) is 0 Å². The highest BCUT2D eigenvalue weighted by Gasteiger charge is 2.32. The fourth-order valence-corrected chi connectivity index (χ4v) is 1.90. The lowest BCUT2D eigenvalue weighted by molar-refractivity contribution is -0.144. The first-order chi connectivity index (χ1) is 7.07. The van der Waals surface area contributed by atoms with Crippen LogP contribution in [0.2, 0.25) is 0 Å². The standard InChI is InChI=1S/C10H13NO3S/c1-6(2)8(10(13)14-3)9(12)7-4-11-5-15-7/h4-6,8H,1-3H3. The zero-order valence-electron chi connectivity index (χ0n) is 8.89. The lowest BCUT2D eigenvalue weighted by atomic mass is 9.91. The molecule has 82 valence electrons. The number of carbonyl (C=O) groups is 2. The van der Waals surface area contributed by atoms with Crippen LogP contribution in [0.5, 0.6) is 0 Å². The lowest BCUT2D eigenvalue weighted by Gasteiger charge is -2.15. The fraction of sp³-hybridized carbons (Fsp3) is 0.500. The van der Waals surface area contributed by atoms with E-state index in [9.17, 15) is 9.59 Å². The predicted molar refractivity (Wildman–Crippen MR) is 56.8 cm³/mol. The van der Waals surface area contributed by atoms with Crippen LogP contribution in [0.3, 0.4) is 0 Å². The first-order valence-electron chi connectivity index (χ1n) is 4.58. The van der Waals surface area contributed by atoms with Crippen molar-refractivity contribution in [1.29, 1.82) is 0 Å². The van der Waals surface area contributed by atoms with E-state index in [-0.39, 0.29) is 11.7 Å². The molecule has 1 aromatic rings. The number of esters is 1. The molecule has 0 aliphatic heterocycles. The Labute approximate surface area is 92.3 Å². The van der Waals surface area contributed by atoms with Crippen LogP contribution in [0.4, 0.5) is 0 Å². The largest absolute Gasteiger partial charge is 0.468 e. The van der Waals surface area contributed by atoms with Crippen LogP contribution in [0.1, 0.15) is 23.5 Å². The number of carbonyl (C=O) groups excluding carboxylic acids is 2. The van der Waals surface area contributed by atoms with E-state index in [1.165, 1.54) is 24.6 Å². The van der Waals surface area contributed by atoms with Crippen molar-refractivity contribution in [2.24, 2.45) is 11.8 Å². The minimum atomic E-state index is -0.726. The van der Waals surface area contributed by atoms with Crippen molar-refractivity contribution in [1.82, 2.24) is 4.98 Å². The Morgan fingerprint density at radius 1 is 1.47 bits per heavy atom. The SMILES string of the molecule is COC(=O)C(C(=O)c1cncs1)C(C)C. The van der Waals surface area contributed by atoms with Crippen LogP contribution in [-0.4, -0.2) is 23.8 Å². The topological polar surface area (TPSA) is 56.3 Å². The monoisotopic (exact) mass is 227 g/mol. The zero-order chi connectivity index (χ0) is 11.4. The van der Waals surface area contributed by atoms with E-state index in [2.05, 4.69) is 9.72 Å². The number of ether oxygens (including phenoxy) is 1. The molecule has 4 nitrogen and oxygen atoms in total. The van der Waals surface area contributed by atoms with Gasteiger partial charge in [0.05, 0.1) is 17.5 Å². The summed E-state index contributed by atoms with van der Waals surface area (Å²) in [6.07, 6.45) is 1.48. The number of Topliss-reactive ketones (excluding diaryl/α,β-unsaturated/α-hetero) is 1. The normalized spacial score (nSPS) is 12.5. The third-order valence-corrected chi connectivity index (χ3v) is 2.87. The van der Waals surface area contributed by atoms with Crippen LogP contribution in [0.25, 0.3) is 0 Å². The quantitative estimate of drug-likeness (QED) is 0.447. The van der Waals surface area contributed by atoms with E-state index in [1.54, 1.807) is 5.51 Å². The molecular weight excluding hydrogens is 214 g/mol. The van der Waals surface area contributed by atoms with E-state index in [0.717, 1.165) is 0 Å². The summed E-state index contributed by atoms with van der Waals surface area (Å²) in [5.41, 5.74) is 1.57. The Bertz CT molecular complexity index is 346. The van der Waals surface area contributed by atoms with E-state index < -0.39 is 11.9 Å². The minimum Gasteiger partial charge on any atom is -0.468 e. The van der Waals surface area contributed by atoms with Crippen molar-refractivity contribution in [2.75, 3.05) is 7.11 Å². The third-order valence-electron chi connectivity index (χ3n) is 2.08. The van der Waals surface area contributed by atoms with Crippen molar-refractivity contribution in [3.05, 3.63) is 16.6 Å². The van der Waals surface area contributed by atoms with Crippen LogP contribution >= 0.6 is 11.3 Å². The molecule has 1 unspecified atom stereocenters. The highest BCUT2D eigenvalue weighted by Crippen LogP contribution is 2.20. The number of aromatic nitrogens is 1. The van der Waals surface area contributed by atoms with Gasteiger partial charge in [0, 0.05) is 6.20 Å². The second kappa shape index (κ2) is 5.02. The van der Waals surface area contributed by atoms with Crippen LogP contribution in [0.15, 0.2) is 11.7 Å². The van der Waals surface area contributed by atoms with Gasteiger partial charge in [-0.25, -0.2) is 0 Å². The molecule has 0 bridgehead atoms. The first kappa shape index (κ1) is 11.8. The van der Waals surface area contributed by atoms with Crippen molar-refractivity contribution < 1.29 is 14.3 Å². The molecule has 5 heteroatoms. The molecule has 0 spiro atoms. The number of methoxy groups -OCH3 is 1. The molecule has 1 heterocycles. The van der Waals surface area contributed by atoms with Crippen molar-refractivity contribution in [2.45, 2.75) is 13.8 Å². The molecule has 0 aromatic carbocycles. The average Bonchev–Trinajstić information content (AvgIpc) is 2.69. The van der Waals surface area contributed by atoms with Gasteiger partial charge in [0.15, 0.2) is 5.78 Å². The Hall–Kier alpha value is -1.23. The van der Waals surface area contributed by atoms with Gasteiger partial charge in [0.25, 0.3) is 0 Å². The molecular formula is C10H13NO3S. The van der Waals surface area contributed by atoms with Gasteiger partial charge in [-0.2, -0.15) is 0 Å². The maximum atomic E-state index is 11.9. The van der Waals surface area contributed by atoms with Crippen molar-refractivity contribution >= 4 is 23.1 Å². The maximum Gasteiger partial charge on any atom is 0.316 e. The third kappa shape index (κ3) is 2.62. The number of hydrogen-bond donors (Lipinski definition) is 0. The second-order valence-corrected chi connectivity index (χ2v) is 4.36. The van der Waals surface area contributed by atoms with Gasteiger partial charge in [0.2, 0.25) is 0 Å². The summed E-state index contributed by atoms with van der Waals surface area (Å²) < 4.78 is 4.62. The van der Waals surface area contributed by atoms with Gasteiger partial charge >= 0.3 is 5.97 Å². The second-order valence-electron chi connectivity index (χ2n) is 3.47. The summed E-state index contributed by atoms with van der Waals surface area (Å²) in [5.74, 6) is -1.50. The molecule has 1 atom stereocenters. The molecule has 1 rings (SSSR count). The smallest absolute Gasteiger partial charge is 0.316 e. The van der Waals surface area contributed by atoms with E-state index in [0.29, 0.717) is 4.88 Å². The van der Waals surface area contributed by atoms with E-state index in [4.69, 9.17) is 0 Å². The number of rotatable bonds is 4. The average molecular weight is 227 g/mol. The molecule has 15 heavy (non-hydrogen) atoms. The zero-order valence-corrected chi connectivity index (χ0v) is 9.71. The first-order valence-corrected chi connectivity index (χ1v) is 5.46. The Balaban J connectivity index is 2.91. The lowest BCUT2D eigenvalue weighted by Crippen LogP contribution is -2.29. The van der Waals surface area contributed by atoms with E-state index >= 15 is 0 Å². The Kier molecular flexibility index (Phi) is 3.96. The number of thiazole rings is 1. The van der Waals surface area contributed by atoms with Crippen molar-refractivity contribution in [3.63, 3.8) is 0 Å². The number of hydrogen-bond acceptors (Lipinski definition) is 5. The van der Waals surface area contributed by atoms with Gasteiger partial charge in [0.1, 0.15) is 5.92 Å². The summed E-state index contributed by atoms with van der Waals surface area (Å²) in [7, 11) is 1.29. The Morgan fingerprint density at radius 2 is 2.13 bits per heavy atom. The molecule has 1 aromatic heterocycles. The summed E-state index contributed by atoms with van der Waals surface area (Å²) >= 11 is 1.24. The maximum absolute atomic E-state index is 11.9. The Morgan fingerprint density at radius 3 is 2.53 bits per heavy atom. The summed E-state index contributed by atoms with van der Waals surface area (Å²) in [6.45, 7) is 3.64. The summed E-state index contributed by atoms with van der Waals surface area (Å²) in [6, 6.07) is 0. The number of ketones is 1. The van der Waals surface area contributed by atoms with Gasteiger partial charge in [-0.3, -0.25) is 14.6 Å². The van der Waals surface area contributed by atoms with Gasteiger partial charge in [-0.1, -0.05) is 13.8 Å². The highest BCUT2D eigenvalue weighted by molar-refractivity contribution is 7.11. The molecule has 0 fully saturated rings. The van der Waals surface area contributed by atoms with Crippen LogP contribution in [0, 0.1) is 11.8 Å². The molecule has 0 saturated carbocycles. The predicted octanol–water partition coefficient (Wildman–Crippen LogP) is 1.77. The molecule has 0 N–H and O–H groups in total. The molecule has 0 radical (unpaired) electrons. The van der Waals surface area contributed by atoms with Gasteiger partial charge in [-0.15, -0.1) is 11.3 Å². The molecule has 0 aliphatic rings. The molecule has 0 amide bonds. The highest BCUT2D eigenvalue weighted by atomic mass is 32.1.